The summed E-state index contributed by atoms with van der Waals surface area (Å²) >= 11 is 0. The van der Waals surface area contributed by atoms with E-state index in [1.54, 1.807) is 0 Å². The molecule has 1 heterocycles. The first-order chi connectivity index (χ1) is 9.01. The fraction of sp³-hybridized carbons (Fsp3) is 0.667. The van der Waals surface area contributed by atoms with E-state index in [0.717, 1.165) is 25.7 Å². The number of carboxylic acids is 1. The zero-order chi connectivity index (χ0) is 13.9. The molecular formula is C12H18N4O3. The van der Waals surface area contributed by atoms with E-state index in [1.165, 1.54) is 10.9 Å². The Bertz CT molecular complexity index is 477. The SMILES string of the molecule is CC1(C(=O)NCCn2cc(C(=O)O)nn2)CCCC1. The Balaban J connectivity index is 1.79. The zero-order valence-corrected chi connectivity index (χ0v) is 10.9. The van der Waals surface area contributed by atoms with Crippen molar-refractivity contribution in [3.05, 3.63) is 11.9 Å². The number of carbonyl (C=O) groups is 2. The second-order valence-electron chi connectivity index (χ2n) is 5.20. The summed E-state index contributed by atoms with van der Waals surface area (Å²) in [4.78, 5) is 22.6. The van der Waals surface area contributed by atoms with E-state index in [-0.39, 0.29) is 17.0 Å². The molecule has 2 N–H and O–H groups in total. The zero-order valence-electron chi connectivity index (χ0n) is 10.9. The van der Waals surface area contributed by atoms with Crippen LogP contribution in [-0.2, 0) is 11.3 Å². The van der Waals surface area contributed by atoms with Gasteiger partial charge in [-0.25, -0.2) is 9.48 Å². The summed E-state index contributed by atoms with van der Waals surface area (Å²) in [7, 11) is 0. The van der Waals surface area contributed by atoms with Gasteiger partial charge in [0.2, 0.25) is 5.91 Å². The van der Waals surface area contributed by atoms with Crippen molar-refractivity contribution in [2.75, 3.05) is 6.54 Å². The Labute approximate surface area is 111 Å². The van der Waals surface area contributed by atoms with Crippen LogP contribution in [0.3, 0.4) is 0 Å². The van der Waals surface area contributed by atoms with Crippen LogP contribution in [0.1, 0.15) is 43.1 Å². The molecule has 1 saturated carbocycles. The molecule has 7 heteroatoms. The van der Waals surface area contributed by atoms with E-state index in [1.807, 2.05) is 6.92 Å². The second kappa shape index (κ2) is 5.38. The van der Waals surface area contributed by atoms with Crippen molar-refractivity contribution in [1.82, 2.24) is 20.3 Å². The highest BCUT2D eigenvalue weighted by molar-refractivity contribution is 5.84. The topological polar surface area (TPSA) is 97.1 Å². The lowest BCUT2D eigenvalue weighted by molar-refractivity contribution is -0.129. The molecule has 0 aliphatic heterocycles. The van der Waals surface area contributed by atoms with Crippen LogP contribution in [0.5, 0.6) is 0 Å². The summed E-state index contributed by atoms with van der Waals surface area (Å²) in [6.07, 6.45) is 5.44. The van der Waals surface area contributed by atoms with Crippen LogP contribution in [0.4, 0.5) is 0 Å². The van der Waals surface area contributed by atoms with Gasteiger partial charge in [-0.1, -0.05) is 25.0 Å². The van der Waals surface area contributed by atoms with Crippen molar-refractivity contribution in [2.24, 2.45) is 5.41 Å². The summed E-state index contributed by atoms with van der Waals surface area (Å²) in [6.45, 7) is 2.84. The number of aromatic nitrogens is 3. The van der Waals surface area contributed by atoms with Gasteiger partial charge in [-0.15, -0.1) is 5.10 Å². The Kier molecular flexibility index (Phi) is 3.82. The maximum absolute atomic E-state index is 12.0. The fourth-order valence-electron chi connectivity index (χ4n) is 2.39. The van der Waals surface area contributed by atoms with Gasteiger partial charge in [0.1, 0.15) is 0 Å². The summed E-state index contributed by atoms with van der Waals surface area (Å²) in [5.74, 6) is -1.03. The maximum Gasteiger partial charge on any atom is 0.358 e. The van der Waals surface area contributed by atoms with Crippen LogP contribution in [0.2, 0.25) is 0 Å². The van der Waals surface area contributed by atoms with E-state index in [0.29, 0.717) is 13.1 Å². The van der Waals surface area contributed by atoms with E-state index < -0.39 is 5.97 Å². The molecule has 0 unspecified atom stereocenters. The highest BCUT2D eigenvalue weighted by Gasteiger charge is 2.35. The first kappa shape index (κ1) is 13.5. The molecular weight excluding hydrogens is 248 g/mol. The summed E-state index contributed by atoms with van der Waals surface area (Å²) in [5, 5.41) is 18.8. The van der Waals surface area contributed by atoms with Gasteiger partial charge >= 0.3 is 5.97 Å². The third-order valence-electron chi connectivity index (χ3n) is 3.64. The number of nitrogens with zero attached hydrogens (tertiary/aromatic N) is 3. The number of amides is 1. The lowest BCUT2D eigenvalue weighted by Crippen LogP contribution is -2.38. The van der Waals surface area contributed by atoms with E-state index in [2.05, 4.69) is 15.6 Å². The Morgan fingerprint density at radius 3 is 2.74 bits per heavy atom. The first-order valence-electron chi connectivity index (χ1n) is 6.43. The third-order valence-corrected chi connectivity index (χ3v) is 3.64. The molecule has 1 fully saturated rings. The number of nitrogens with one attached hydrogen (secondary N) is 1. The Morgan fingerprint density at radius 2 is 2.16 bits per heavy atom. The van der Waals surface area contributed by atoms with Crippen LogP contribution in [0.25, 0.3) is 0 Å². The molecule has 0 radical (unpaired) electrons. The molecule has 7 nitrogen and oxygen atoms in total. The van der Waals surface area contributed by atoms with Gasteiger partial charge in [-0.2, -0.15) is 0 Å². The number of carbonyl (C=O) groups excluding carboxylic acids is 1. The van der Waals surface area contributed by atoms with Crippen molar-refractivity contribution in [3.8, 4) is 0 Å². The average molecular weight is 266 g/mol. The van der Waals surface area contributed by atoms with Gasteiger partial charge in [-0.05, 0) is 12.8 Å². The summed E-state index contributed by atoms with van der Waals surface area (Å²) in [5.41, 5.74) is -0.330. The third kappa shape index (κ3) is 3.10. The minimum atomic E-state index is -1.10. The standard InChI is InChI=1S/C12H18N4O3/c1-12(4-2-3-5-12)11(19)13-6-7-16-8-9(10(17)18)14-15-16/h8H,2-7H2,1H3,(H,13,19)(H,17,18). The molecule has 0 aromatic carbocycles. The number of hydrogen-bond acceptors (Lipinski definition) is 4. The van der Waals surface area contributed by atoms with Gasteiger partial charge in [0.05, 0.1) is 12.7 Å². The van der Waals surface area contributed by atoms with Crippen LogP contribution in [0, 0.1) is 5.41 Å². The molecule has 1 aliphatic carbocycles. The fourth-order valence-corrected chi connectivity index (χ4v) is 2.39. The van der Waals surface area contributed by atoms with E-state index in [9.17, 15) is 9.59 Å². The van der Waals surface area contributed by atoms with Gasteiger partial charge in [-0.3, -0.25) is 4.79 Å². The van der Waals surface area contributed by atoms with E-state index in [4.69, 9.17) is 5.11 Å². The summed E-state index contributed by atoms with van der Waals surface area (Å²) in [6, 6.07) is 0. The Hall–Kier alpha value is -1.92. The number of aromatic carboxylic acids is 1. The van der Waals surface area contributed by atoms with Gasteiger partial charge in [0.15, 0.2) is 5.69 Å². The largest absolute Gasteiger partial charge is 0.476 e. The predicted octanol–water partition coefficient (Wildman–Crippen LogP) is 0.673. The predicted molar refractivity (Wildman–Crippen MR) is 66.6 cm³/mol. The van der Waals surface area contributed by atoms with Crippen molar-refractivity contribution in [3.63, 3.8) is 0 Å². The maximum atomic E-state index is 12.0. The molecule has 19 heavy (non-hydrogen) atoms. The molecule has 1 aliphatic rings. The number of carboxylic acid groups (broad SMARTS) is 1. The summed E-state index contributed by atoms with van der Waals surface area (Å²) < 4.78 is 1.42. The van der Waals surface area contributed by atoms with Crippen molar-refractivity contribution in [1.29, 1.82) is 0 Å². The minimum Gasteiger partial charge on any atom is -0.476 e. The van der Waals surface area contributed by atoms with Gasteiger partial charge in [0.25, 0.3) is 0 Å². The van der Waals surface area contributed by atoms with Crippen LogP contribution < -0.4 is 5.32 Å². The lowest BCUT2D eigenvalue weighted by Gasteiger charge is -2.22. The molecule has 0 atom stereocenters. The number of hydrogen-bond donors (Lipinski definition) is 2. The van der Waals surface area contributed by atoms with Crippen molar-refractivity contribution < 1.29 is 14.7 Å². The monoisotopic (exact) mass is 266 g/mol. The highest BCUT2D eigenvalue weighted by atomic mass is 16.4. The van der Waals surface area contributed by atoms with Gasteiger partial charge < -0.3 is 10.4 Å². The molecule has 104 valence electrons. The first-order valence-corrected chi connectivity index (χ1v) is 6.43. The van der Waals surface area contributed by atoms with Crippen LogP contribution in [0.15, 0.2) is 6.20 Å². The number of rotatable bonds is 5. The Morgan fingerprint density at radius 1 is 1.47 bits per heavy atom. The molecule has 0 spiro atoms. The normalized spacial score (nSPS) is 17.3. The van der Waals surface area contributed by atoms with Gasteiger partial charge in [0, 0.05) is 12.0 Å². The minimum absolute atomic E-state index is 0.0728. The van der Waals surface area contributed by atoms with Crippen LogP contribution in [-0.4, -0.2) is 38.5 Å². The molecule has 0 bridgehead atoms. The van der Waals surface area contributed by atoms with Crippen molar-refractivity contribution >= 4 is 11.9 Å². The van der Waals surface area contributed by atoms with E-state index >= 15 is 0 Å². The van der Waals surface area contributed by atoms with Crippen LogP contribution >= 0.6 is 0 Å². The smallest absolute Gasteiger partial charge is 0.358 e. The quantitative estimate of drug-likeness (QED) is 0.816. The average Bonchev–Trinajstić information content (AvgIpc) is 2.99. The molecule has 1 aromatic heterocycles. The molecule has 1 amide bonds. The van der Waals surface area contributed by atoms with Crippen molar-refractivity contribution in [2.45, 2.75) is 39.2 Å². The molecule has 2 rings (SSSR count). The molecule has 0 saturated heterocycles. The highest BCUT2D eigenvalue weighted by Crippen LogP contribution is 2.37. The lowest BCUT2D eigenvalue weighted by atomic mass is 9.88. The second-order valence-corrected chi connectivity index (χ2v) is 5.20. The molecule has 1 aromatic rings.